The average molecular weight is 426 g/mol. The Labute approximate surface area is 180 Å². The van der Waals surface area contributed by atoms with Crippen LogP contribution in [0.3, 0.4) is 0 Å². The summed E-state index contributed by atoms with van der Waals surface area (Å²) in [6.45, 7) is 7.16. The Morgan fingerprint density at radius 3 is 2.77 bits per heavy atom. The van der Waals surface area contributed by atoms with E-state index in [1.165, 1.54) is 11.3 Å². The number of benzene rings is 1. The Morgan fingerprint density at radius 1 is 1.23 bits per heavy atom. The molecule has 1 aliphatic rings. The van der Waals surface area contributed by atoms with Crippen molar-refractivity contribution in [3.8, 4) is 0 Å². The molecular formula is C22H27N5O2S. The number of aromatic nitrogens is 2. The van der Waals surface area contributed by atoms with Crippen LogP contribution < -0.4 is 10.2 Å². The molecule has 0 unspecified atom stereocenters. The number of carbonyl (C=O) groups is 1. The zero-order valence-electron chi connectivity index (χ0n) is 17.4. The van der Waals surface area contributed by atoms with E-state index in [-0.39, 0.29) is 5.91 Å². The Bertz CT molecular complexity index is 1000. The molecule has 1 aromatic carbocycles. The molecule has 0 spiro atoms. The third-order valence-corrected chi connectivity index (χ3v) is 6.61. The van der Waals surface area contributed by atoms with Crippen LogP contribution in [0, 0.1) is 6.92 Å². The summed E-state index contributed by atoms with van der Waals surface area (Å²) in [4.78, 5) is 27.7. The molecular weight excluding hydrogens is 398 g/mol. The molecule has 0 radical (unpaired) electrons. The lowest BCUT2D eigenvalue weighted by atomic mass is 10.2. The van der Waals surface area contributed by atoms with Gasteiger partial charge in [0, 0.05) is 32.4 Å². The molecule has 1 aliphatic heterocycles. The normalized spacial score (nSPS) is 14.7. The molecule has 8 heteroatoms. The topological polar surface area (TPSA) is 70.6 Å². The highest BCUT2D eigenvalue weighted by Crippen LogP contribution is 2.36. The second-order valence-electron chi connectivity index (χ2n) is 7.39. The molecule has 3 aromatic rings. The number of amides is 1. The minimum Gasteiger partial charge on any atom is -0.379 e. The van der Waals surface area contributed by atoms with Crippen molar-refractivity contribution in [2.45, 2.75) is 13.3 Å². The number of hydrogen-bond donors (Lipinski definition) is 1. The van der Waals surface area contributed by atoms with Crippen molar-refractivity contribution in [1.82, 2.24) is 20.2 Å². The maximum absolute atomic E-state index is 12.8. The number of para-hydroxylation sites is 1. The molecule has 2 aromatic heterocycles. The third kappa shape index (κ3) is 4.45. The Kier molecular flexibility index (Phi) is 6.56. The number of nitrogens with one attached hydrogen (secondary N) is 1. The Morgan fingerprint density at radius 2 is 2.00 bits per heavy atom. The van der Waals surface area contributed by atoms with Crippen LogP contribution in [0.1, 0.15) is 21.7 Å². The van der Waals surface area contributed by atoms with Crippen molar-refractivity contribution in [2.24, 2.45) is 0 Å². The molecule has 3 heterocycles. The number of fused-ring (bicyclic) bond motifs is 1. The van der Waals surface area contributed by atoms with Gasteiger partial charge >= 0.3 is 0 Å². The highest BCUT2D eigenvalue weighted by molar-refractivity contribution is 7.20. The molecule has 1 amide bonds. The fraction of sp³-hybridized carbons (Fsp3) is 0.409. The minimum atomic E-state index is -0.0363. The number of rotatable bonds is 7. The second-order valence-corrected chi connectivity index (χ2v) is 8.39. The van der Waals surface area contributed by atoms with E-state index in [0.717, 1.165) is 66.6 Å². The van der Waals surface area contributed by atoms with Crippen molar-refractivity contribution in [2.75, 3.05) is 51.3 Å². The molecule has 30 heavy (non-hydrogen) atoms. The number of morpholine rings is 1. The fourth-order valence-electron chi connectivity index (χ4n) is 3.71. The van der Waals surface area contributed by atoms with Crippen molar-refractivity contribution in [3.05, 3.63) is 47.1 Å². The number of anilines is 2. The van der Waals surface area contributed by atoms with Crippen molar-refractivity contribution < 1.29 is 9.53 Å². The van der Waals surface area contributed by atoms with Crippen molar-refractivity contribution >= 4 is 39.0 Å². The summed E-state index contributed by atoms with van der Waals surface area (Å²) >= 11 is 1.43. The maximum atomic E-state index is 12.8. The van der Waals surface area contributed by atoms with Crippen LogP contribution >= 0.6 is 11.3 Å². The fourth-order valence-corrected chi connectivity index (χ4v) is 4.77. The van der Waals surface area contributed by atoms with Gasteiger partial charge < -0.3 is 15.0 Å². The summed E-state index contributed by atoms with van der Waals surface area (Å²) in [5.41, 5.74) is 1.97. The van der Waals surface area contributed by atoms with Gasteiger partial charge in [0.2, 0.25) is 0 Å². The monoisotopic (exact) mass is 425 g/mol. The van der Waals surface area contributed by atoms with Crippen LogP contribution in [-0.4, -0.2) is 67.2 Å². The van der Waals surface area contributed by atoms with E-state index >= 15 is 0 Å². The lowest BCUT2D eigenvalue weighted by Crippen LogP contribution is -2.38. The number of carbonyl (C=O) groups excluding carboxylic acids is 1. The van der Waals surface area contributed by atoms with Crippen LogP contribution in [0.4, 0.5) is 11.5 Å². The van der Waals surface area contributed by atoms with E-state index in [1.54, 1.807) is 6.33 Å². The Balaban J connectivity index is 1.47. The first kappa shape index (κ1) is 20.7. The molecule has 4 rings (SSSR count). The van der Waals surface area contributed by atoms with Gasteiger partial charge in [0.15, 0.2) is 0 Å². The van der Waals surface area contributed by atoms with Crippen molar-refractivity contribution in [1.29, 1.82) is 0 Å². The second kappa shape index (κ2) is 9.51. The van der Waals surface area contributed by atoms with Gasteiger partial charge in [-0.3, -0.25) is 9.69 Å². The highest BCUT2D eigenvalue weighted by atomic mass is 32.1. The SMILES string of the molecule is Cc1c(C(=O)NCCCN2CCOCC2)sc2ncnc(N(C)c3ccccc3)c12. The summed E-state index contributed by atoms with van der Waals surface area (Å²) in [5, 5.41) is 4.01. The van der Waals surface area contributed by atoms with Crippen LogP contribution in [0.15, 0.2) is 36.7 Å². The van der Waals surface area contributed by atoms with E-state index in [9.17, 15) is 4.79 Å². The number of nitrogens with zero attached hydrogens (tertiary/aromatic N) is 4. The summed E-state index contributed by atoms with van der Waals surface area (Å²) < 4.78 is 5.37. The molecule has 1 fully saturated rings. The quantitative estimate of drug-likeness (QED) is 0.586. The molecule has 0 saturated carbocycles. The molecule has 158 valence electrons. The van der Waals surface area contributed by atoms with Gasteiger partial charge in [0.25, 0.3) is 5.91 Å². The highest BCUT2D eigenvalue weighted by Gasteiger charge is 2.21. The molecule has 1 N–H and O–H groups in total. The zero-order chi connectivity index (χ0) is 20.9. The van der Waals surface area contributed by atoms with Gasteiger partial charge in [-0.25, -0.2) is 9.97 Å². The van der Waals surface area contributed by atoms with E-state index in [2.05, 4.69) is 20.2 Å². The number of thiophene rings is 1. The standard InChI is InChI=1S/C22H27N5O2S/c1-16-18-20(26(2)17-7-4-3-5-8-17)24-15-25-22(18)30-19(16)21(28)23-9-6-10-27-11-13-29-14-12-27/h3-5,7-8,15H,6,9-14H2,1-2H3,(H,23,28). The minimum absolute atomic E-state index is 0.0363. The van der Waals surface area contributed by atoms with Crippen LogP contribution in [-0.2, 0) is 4.74 Å². The molecule has 1 saturated heterocycles. The lowest BCUT2D eigenvalue weighted by molar-refractivity contribution is 0.0374. The predicted molar refractivity (Wildman–Crippen MR) is 121 cm³/mol. The smallest absolute Gasteiger partial charge is 0.261 e. The molecule has 0 bridgehead atoms. The van der Waals surface area contributed by atoms with Gasteiger partial charge in [-0.05, 0) is 37.6 Å². The van der Waals surface area contributed by atoms with Gasteiger partial charge in [0.1, 0.15) is 17.0 Å². The summed E-state index contributed by atoms with van der Waals surface area (Å²) in [6.07, 6.45) is 2.49. The van der Waals surface area contributed by atoms with Crippen LogP contribution in [0.2, 0.25) is 0 Å². The first-order chi connectivity index (χ1) is 14.6. The largest absolute Gasteiger partial charge is 0.379 e. The summed E-state index contributed by atoms with van der Waals surface area (Å²) in [6, 6.07) is 10.1. The zero-order valence-corrected chi connectivity index (χ0v) is 18.2. The number of aryl methyl sites for hydroxylation is 1. The first-order valence-electron chi connectivity index (χ1n) is 10.3. The van der Waals surface area contributed by atoms with Crippen molar-refractivity contribution in [3.63, 3.8) is 0 Å². The number of ether oxygens (including phenoxy) is 1. The van der Waals surface area contributed by atoms with Crippen LogP contribution in [0.25, 0.3) is 10.2 Å². The summed E-state index contributed by atoms with van der Waals surface area (Å²) in [7, 11) is 1.99. The van der Waals surface area contributed by atoms with Gasteiger partial charge in [-0.2, -0.15) is 0 Å². The third-order valence-electron chi connectivity index (χ3n) is 5.41. The Hall–Kier alpha value is -2.55. The van der Waals surface area contributed by atoms with E-state index in [0.29, 0.717) is 11.4 Å². The van der Waals surface area contributed by atoms with E-state index in [1.807, 2.05) is 49.2 Å². The van der Waals surface area contributed by atoms with Crippen LogP contribution in [0.5, 0.6) is 0 Å². The molecule has 0 atom stereocenters. The predicted octanol–water partition coefficient (Wildman–Crippen LogP) is 3.22. The maximum Gasteiger partial charge on any atom is 0.261 e. The van der Waals surface area contributed by atoms with Gasteiger partial charge in [-0.1, -0.05) is 18.2 Å². The van der Waals surface area contributed by atoms with Gasteiger partial charge in [-0.15, -0.1) is 11.3 Å². The average Bonchev–Trinajstić information content (AvgIpc) is 3.14. The number of hydrogen-bond acceptors (Lipinski definition) is 7. The lowest BCUT2D eigenvalue weighted by Gasteiger charge is -2.26. The summed E-state index contributed by atoms with van der Waals surface area (Å²) in [5.74, 6) is 0.775. The van der Waals surface area contributed by atoms with E-state index < -0.39 is 0 Å². The molecule has 7 nitrogen and oxygen atoms in total. The van der Waals surface area contributed by atoms with E-state index in [4.69, 9.17) is 4.74 Å². The molecule has 0 aliphatic carbocycles. The first-order valence-corrected chi connectivity index (χ1v) is 11.1. The van der Waals surface area contributed by atoms with Gasteiger partial charge in [0.05, 0.1) is 23.5 Å².